The predicted octanol–water partition coefficient (Wildman–Crippen LogP) is 2.83. The van der Waals surface area contributed by atoms with Gasteiger partial charge in [0.1, 0.15) is 12.4 Å². The van der Waals surface area contributed by atoms with Crippen molar-refractivity contribution in [3.8, 4) is 11.9 Å². The molecule has 1 aromatic heterocycles. The molecule has 132 valence electrons. The summed E-state index contributed by atoms with van der Waals surface area (Å²) in [5, 5.41) is 17.7. The average molecular weight is 354 g/mol. The third kappa shape index (κ3) is 3.95. The summed E-state index contributed by atoms with van der Waals surface area (Å²) >= 11 is 0. The molecule has 7 nitrogen and oxygen atoms in total. The number of halogens is 1. The summed E-state index contributed by atoms with van der Waals surface area (Å²) in [6, 6.07) is 7.62. The van der Waals surface area contributed by atoms with Gasteiger partial charge in [0, 0.05) is 30.9 Å². The summed E-state index contributed by atoms with van der Waals surface area (Å²) < 4.78 is 19.4. The molecule has 0 aliphatic carbocycles. The van der Waals surface area contributed by atoms with Gasteiger partial charge in [-0.05, 0) is 24.1 Å². The van der Waals surface area contributed by atoms with E-state index in [1.54, 1.807) is 12.1 Å². The Labute approximate surface area is 149 Å². The summed E-state index contributed by atoms with van der Waals surface area (Å²) in [7, 11) is 0. The summed E-state index contributed by atoms with van der Waals surface area (Å²) in [5.74, 6) is 0.246. The molecule has 1 aromatic carbocycles. The molecule has 0 spiro atoms. The lowest BCUT2D eigenvalue weighted by atomic mass is 10.1. The number of carbonyl (C=O) groups is 1. The smallest absolute Gasteiger partial charge is 0.407 e. The van der Waals surface area contributed by atoms with Gasteiger partial charge >= 0.3 is 6.09 Å². The summed E-state index contributed by atoms with van der Waals surface area (Å²) in [6.45, 7) is 0.640. The van der Waals surface area contributed by atoms with Gasteiger partial charge in [-0.15, -0.1) is 0 Å². The van der Waals surface area contributed by atoms with Crippen LogP contribution in [0, 0.1) is 17.1 Å². The first-order valence-electron chi connectivity index (χ1n) is 7.88. The molecule has 1 amide bonds. The van der Waals surface area contributed by atoms with Crippen molar-refractivity contribution in [2.45, 2.75) is 13.0 Å². The maximum atomic E-state index is 13.9. The largest absolute Gasteiger partial charge is 0.473 e. The van der Waals surface area contributed by atoms with Crippen LogP contribution >= 0.6 is 0 Å². The maximum absolute atomic E-state index is 13.9. The number of hydrogen-bond donors (Lipinski definition) is 1. The van der Waals surface area contributed by atoms with Gasteiger partial charge in [-0.25, -0.2) is 14.2 Å². The van der Waals surface area contributed by atoms with Gasteiger partial charge in [0.05, 0.1) is 11.6 Å². The molecule has 0 bridgehead atoms. The predicted molar refractivity (Wildman–Crippen MR) is 89.7 cm³/mol. The lowest BCUT2D eigenvalue weighted by Gasteiger charge is -2.23. The van der Waals surface area contributed by atoms with E-state index in [0.29, 0.717) is 30.2 Å². The van der Waals surface area contributed by atoms with Gasteiger partial charge in [-0.1, -0.05) is 12.1 Å². The van der Waals surface area contributed by atoms with E-state index in [1.165, 1.54) is 23.2 Å². The van der Waals surface area contributed by atoms with Gasteiger partial charge in [-0.2, -0.15) is 10.2 Å². The molecule has 0 saturated heterocycles. The molecular formula is C18H15FN4O3. The number of nitriles is 1. The lowest BCUT2D eigenvalue weighted by Crippen LogP contribution is -2.33. The monoisotopic (exact) mass is 354 g/mol. The molecular weight excluding hydrogens is 339 g/mol. The zero-order valence-corrected chi connectivity index (χ0v) is 13.7. The maximum Gasteiger partial charge on any atom is 0.407 e. The van der Waals surface area contributed by atoms with Crippen molar-refractivity contribution in [1.82, 2.24) is 14.9 Å². The topological polar surface area (TPSA) is 99.3 Å². The van der Waals surface area contributed by atoms with E-state index in [4.69, 9.17) is 15.1 Å². The normalized spacial score (nSPS) is 13.7. The van der Waals surface area contributed by atoms with E-state index >= 15 is 0 Å². The highest BCUT2D eigenvalue weighted by Gasteiger charge is 2.18. The number of benzene rings is 1. The standard InChI is InChI=1S/C18H15FN4O3/c19-15-9-12(10-20)1-2-14(15)11-26-16-3-6-21-17(22-16)13-4-7-23(8-5-13)18(24)25/h1-4,6,9H,5,7-8,11H2,(H,24,25). The van der Waals surface area contributed by atoms with Gasteiger partial charge in [0.15, 0.2) is 5.82 Å². The Morgan fingerprint density at radius 3 is 2.92 bits per heavy atom. The minimum absolute atomic E-state index is 0.0279. The molecule has 8 heteroatoms. The Bertz CT molecular complexity index is 908. The molecule has 0 unspecified atom stereocenters. The van der Waals surface area contributed by atoms with Gasteiger partial charge in [-0.3, -0.25) is 0 Å². The Balaban J connectivity index is 1.69. The lowest BCUT2D eigenvalue weighted by molar-refractivity contribution is 0.150. The van der Waals surface area contributed by atoms with Crippen molar-refractivity contribution in [2.75, 3.05) is 13.1 Å². The van der Waals surface area contributed by atoms with Crippen molar-refractivity contribution in [1.29, 1.82) is 5.26 Å². The van der Waals surface area contributed by atoms with E-state index in [2.05, 4.69) is 9.97 Å². The number of carboxylic acid groups (broad SMARTS) is 1. The van der Waals surface area contributed by atoms with Crippen LogP contribution in [0.3, 0.4) is 0 Å². The number of ether oxygens (including phenoxy) is 1. The molecule has 1 aliphatic rings. The zero-order valence-electron chi connectivity index (χ0n) is 13.7. The first-order chi connectivity index (χ1) is 12.6. The fourth-order valence-corrected chi connectivity index (χ4v) is 2.51. The van der Waals surface area contributed by atoms with Gasteiger partial charge in [0.2, 0.25) is 5.88 Å². The quantitative estimate of drug-likeness (QED) is 0.906. The summed E-state index contributed by atoms with van der Waals surface area (Å²) in [5.41, 5.74) is 1.41. The number of hydrogen-bond acceptors (Lipinski definition) is 5. The van der Waals surface area contributed by atoms with Crippen LogP contribution in [0.2, 0.25) is 0 Å². The summed E-state index contributed by atoms with van der Waals surface area (Å²) in [4.78, 5) is 20.7. The second-order valence-corrected chi connectivity index (χ2v) is 5.63. The first-order valence-corrected chi connectivity index (χ1v) is 7.88. The Hall–Kier alpha value is -3.47. The molecule has 0 fully saturated rings. The highest BCUT2D eigenvalue weighted by atomic mass is 19.1. The van der Waals surface area contributed by atoms with Crippen LogP contribution < -0.4 is 4.74 Å². The molecule has 1 N–H and O–H groups in total. The molecule has 2 aromatic rings. The Kier molecular flexibility index (Phi) is 5.08. The van der Waals surface area contributed by atoms with Crippen LogP contribution in [0.1, 0.15) is 23.4 Å². The molecule has 0 atom stereocenters. The number of nitrogens with zero attached hydrogens (tertiary/aromatic N) is 4. The van der Waals surface area contributed by atoms with E-state index < -0.39 is 11.9 Å². The van der Waals surface area contributed by atoms with Crippen molar-refractivity contribution < 1.29 is 19.0 Å². The average Bonchev–Trinajstić information content (AvgIpc) is 2.67. The third-order valence-corrected chi connectivity index (χ3v) is 3.95. The van der Waals surface area contributed by atoms with Gasteiger partial charge < -0.3 is 14.7 Å². The van der Waals surface area contributed by atoms with Crippen molar-refractivity contribution >= 4 is 11.7 Å². The highest BCUT2D eigenvalue weighted by Crippen LogP contribution is 2.21. The molecule has 1 aliphatic heterocycles. The second kappa shape index (κ2) is 7.61. The molecule has 2 heterocycles. The number of aromatic nitrogens is 2. The van der Waals surface area contributed by atoms with Crippen molar-refractivity contribution in [2.24, 2.45) is 0 Å². The first kappa shape index (κ1) is 17.4. The van der Waals surface area contributed by atoms with Crippen LogP contribution in [0.15, 0.2) is 36.5 Å². The fraction of sp³-hybridized carbons (Fsp3) is 0.222. The highest BCUT2D eigenvalue weighted by molar-refractivity contribution is 5.69. The molecule has 3 rings (SSSR count). The second-order valence-electron chi connectivity index (χ2n) is 5.63. The van der Waals surface area contributed by atoms with E-state index in [9.17, 15) is 9.18 Å². The van der Waals surface area contributed by atoms with Crippen molar-refractivity contribution in [3.63, 3.8) is 0 Å². The molecule has 0 radical (unpaired) electrons. The van der Waals surface area contributed by atoms with E-state index in [1.807, 2.05) is 6.07 Å². The minimum atomic E-state index is -0.956. The van der Waals surface area contributed by atoms with Crippen LogP contribution in [0.5, 0.6) is 5.88 Å². The van der Waals surface area contributed by atoms with Crippen LogP contribution in [-0.4, -0.2) is 39.2 Å². The molecule has 26 heavy (non-hydrogen) atoms. The van der Waals surface area contributed by atoms with Crippen LogP contribution in [0.4, 0.5) is 9.18 Å². The Morgan fingerprint density at radius 2 is 2.27 bits per heavy atom. The van der Waals surface area contributed by atoms with Crippen LogP contribution in [-0.2, 0) is 6.61 Å². The summed E-state index contributed by atoms with van der Waals surface area (Å²) in [6.07, 6.45) is 2.87. The SMILES string of the molecule is N#Cc1ccc(COc2ccnc(C3=CCN(C(=O)O)CC3)n2)c(F)c1. The number of amides is 1. The van der Waals surface area contributed by atoms with Gasteiger partial charge in [0.25, 0.3) is 0 Å². The van der Waals surface area contributed by atoms with E-state index in [-0.39, 0.29) is 18.7 Å². The Morgan fingerprint density at radius 1 is 1.42 bits per heavy atom. The molecule has 0 saturated carbocycles. The number of rotatable bonds is 4. The van der Waals surface area contributed by atoms with E-state index in [0.717, 1.165) is 11.6 Å². The van der Waals surface area contributed by atoms with Crippen LogP contribution in [0.25, 0.3) is 5.57 Å². The minimum Gasteiger partial charge on any atom is -0.473 e. The fourth-order valence-electron chi connectivity index (χ4n) is 2.51. The zero-order chi connectivity index (χ0) is 18.5. The van der Waals surface area contributed by atoms with Crippen molar-refractivity contribution in [3.05, 3.63) is 59.3 Å². The third-order valence-electron chi connectivity index (χ3n) is 3.95.